The van der Waals surface area contributed by atoms with Crippen LogP contribution < -0.4 is 14.8 Å². The van der Waals surface area contributed by atoms with Crippen molar-refractivity contribution in [1.29, 1.82) is 0 Å². The van der Waals surface area contributed by atoms with Gasteiger partial charge in [-0.05, 0) is 68.5 Å². The maximum Gasteiger partial charge on any atom is 0.328 e. The van der Waals surface area contributed by atoms with E-state index in [4.69, 9.17) is 14.2 Å². The Balaban J connectivity index is 1.43. The van der Waals surface area contributed by atoms with Crippen molar-refractivity contribution in [3.05, 3.63) is 102 Å². The van der Waals surface area contributed by atoms with E-state index in [1.807, 2.05) is 99.0 Å². The van der Waals surface area contributed by atoms with Gasteiger partial charge in [0.05, 0.1) is 12.3 Å². The normalized spacial score (nSPS) is 11.6. The summed E-state index contributed by atoms with van der Waals surface area (Å²) in [6.07, 6.45) is 1.90. The summed E-state index contributed by atoms with van der Waals surface area (Å²) < 4.78 is 17.1. The molecule has 0 unspecified atom stereocenters. The molecule has 1 aromatic heterocycles. The van der Waals surface area contributed by atoms with Gasteiger partial charge >= 0.3 is 5.97 Å². The lowest BCUT2D eigenvalue weighted by Gasteiger charge is -2.19. The summed E-state index contributed by atoms with van der Waals surface area (Å²) >= 11 is 0. The predicted molar refractivity (Wildman–Crippen MR) is 156 cm³/mol. The lowest BCUT2D eigenvalue weighted by atomic mass is 10.1. The second-order valence-corrected chi connectivity index (χ2v) is 9.54. The largest absolute Gasteiger partial charge is 0.492 e. The predicted octanol–water partition coefficient (Wildman–Crippen LogP) is 5.25. The summed E-state index contributed by atoms with van der Waals surface area (Å²) in [7, 11) is 4.01. The molecule has 1 atom stereocenters. The number of hydrogen-bond acceptors (Lipinski definition) is 8. The van der Waals surface area contributed by atoms with Crippen LogP contribution in [0.5, 0.6) is 11.5 Å². The van der Waals surface area contributed by atoms with E-state index in [1.54, 1.807) is 6.92 Å². The van der Waals surface area contributed by atoms with Gasteiger partial charge in [0.1, 0.15) is 42.9 Å². The molecule has 4 aromatic rings. The van der Waals surface area contributed by atoms with E-state index in [1.165, 1.54) is 6.33 Å². The molecule has 1 heterocycles. The molecular formula is C32H36N4O4. The monoisotopic (exact) mass is 540 g/mol. The Morgan fingerprint density at radius 3 is 2.40 bits per heavy atom. The number of nitrogens with zero attached hydrogens (tertiary/aromatic N) is 3. The van der Waals surface area contributed by atoms with Crippen molar-refractivity contribution in [3.63, 3.8) is 0 Å². The van der Waals surface area contributed by atoms with Gasteiger partial charge in [0.15, 0.2) is 0 Å². The first-order valence-corrected chi connectivity index (χ1v) is 13.4. The van der Waals surface area contributed by atoms with Crippen LogP contribution in [0.15, 0.2) is 91.3 Å². The molecule has 0 aliphatic rings. The number of anilines is 1. The molecule has 0 saturated heterocycles. The van der Waals surface area contributed by atoms with Crippen molar-refractivity contribution in [1.82, 2.24) is 14.9 Å². The first-order valence-electron chi connectivity index (χ1n) is 13.4. The third-order valence-corrected chi connectivity index (χ3v) is 6.10. The number of ether oxygens (including phenoxy) is 3. The molecule has 4 rings (SSSR count). The minimum atomic E-state index is -0.631. The smallest absolute Gasteiger partial charge is 0.328 e. The van der Waals surface area contributed by atoms with Crippen LogP contribution in [0, 0.1) is 0 Å². The van der Waals surface area contributed by atoms with E-state index >= 15 is 0 Å². The quantitative estimate of drug-likeness (QED) is 0.217. The van der Waals surface area contributed by atoms with Gasteiger partial charge < -0.3 is 24.4 Å². The summed E-state index contributed by atoms with van der Waals surface area (Å²) in [4.78, 5) is 23.7. The van der Waals surface area contributed by atoms with Crippen LogP contribution in [-0.4, -0.2) is 60.7 Å². The van der Waals surface area contributed by atoms with Crippen molar-refractivity contribution in [3.8, 4) is 22.8 Å². The lowest BCUT2D eigenvalue weighted by molar-refractivity contribution is -0.144. The highest BCUT2D eigenvalue weighted by atomic mass is 16.5. The van der Waals surface area contributed by atoms with Gasteiger partial charge in [0.2, 0.25) is 0 Å². The number of esters is 1. The molecule has 0 aliphatic carbocycles. The summed E-state index contributed by atoms with van der Waals surface area (Å²) in [5, 5.41) is 3.25. The Morgan fingerprint density at radius 1 is 0.875 bits per heavy atom. The zero-order valence-electron chi connectivity index (χ0n) is 23.2. The second-order valence-electron chi connectivity index (χ2n) is 9.54. The lowest BCUT2D eigenvalue weighted by Crippen LogP contribution is -2.34. The number of hydrogen-bond donors (Lipinski definition) is 1. The highest BCUT2D eigenvalue weighted by molar-refractivity contribution is 5.79. The molecule has 40 heavy (non-hydrogen) atoms. The van der Waals surface area contributed by atoms with Crippen molar-refractivity contribution in [2.24, 2.45) is 0 Å². The van der Waals surface area contributed by atoms with Crippen molar-refractivity contribution < 1.29 is 19.0 Å². The number of nitrogens with one attached hydrogen (secondary N) is 1. The van der Waals surface area contributed by atoms with Crippen LogP contribution in [0.25, 0.3) is 11.3 Å². The van der Waals surface area contributed by atoms with Gasteiger partial charge in [0, 0.05) is 24.6 Å². The minimum absolute atomic E-state index is 0.290. The van der Waals surface area contributed by atoms with E-state index in [2.05, 4.69) is 20.2 Å². The molecule has 0 bridgehead atoms. The Morgan fingerprint density at radius 2 is 1.65 bits per heavy atom. The number of likely N-dealkylation sites (N-methyl/N-ethyl adjacent to an activating group) is 1. The molecule has 8 nitrogen and oxygen atoms in total. The SMILES string of the molecule is CCOC(=O)[C@H](Cc1cccc(OCCN(C)C)c1)Nc1cc(-c2ccc(OCc3ccccc3)cc2)ncn1. The molecule has 0 amide bonds. The Bertz CT molecular complexity index is 1350. The van der Waals surface area contributed by atoms with Gasteiger partial charge in [0.25, 0.3) is 0 Å². The molecule has 0 fully saturated rings. The summed E-state index contributed by atoms with van der Waals surface area (Å²) in [5.41, 5.74) is 3.70. The first-order chi connectivity index (χ1) is 19.5. The van der Waals surface area contributed by atoms with Crippen LogP contribution in [-0.2, 0) is 22.6 Å². The fourth-order valence-corrected chi connectivity index (χ4v) is 4.02. The van der Waals surface area contributed by atoms with E-state index in [9.17, 15) is 4.79 Å². The fraction of sp³-hybridized carbons (Fsp3) is 0.281. The van der Waals surface area contributed by atoms with E-state index in [0.717, 1.165) is 40.4 Å². The molecule has 0 aliphatic heterocycles. The number of aromatic nitrogens is 2. The first kappa shape index (κ1) is 28.6. The molecule has 8 heteroatoms. The van der Waals surface area contributed by atoms with Gasteiger partial charge in [-0.25, -0.2) is 14.8 Å². The fourth-order valence-electron chi connectivity index (χ4n) is 4.02. The van der Waals surface area contributed by atoms with Gasteiger partial charge in [-0.15, -0.1) is 0 Å². The molecule has 0 saturated carbocycles. The van der Waals surface area contributed by atoms with Crippen LogP contribution >= 0.6 is 0 Å². The van der Waals surface area contributed by atoms with Gasteiger partial charge in [-0.2, -0.15) is 0 Å². The third kappa shape index (κ3) is 8.81. The minimum Gasteiger partial charge on any atom is -0.492 e. The molecular weight excluding hydrogens is 504 g/mol. The number of benzene rings is 3. The van der Waals surface area contributed by atoms with E-state index in [0.29, 0.717) is 32.1 Å². The Kier molecular flexibility index (Phi) is 10.5. The zero-order chi connectivity index (χ0) is 28.2. The van der Waals surface area contributed by atoms with Crippen molar-refractivity contribution >= 4 is 11.8 Å². The zero-order valence-corrected chi connectivity index (χ0v) is 23.2. The molecule has 3 aromatic carbocycles. The topological polar surface area (TPSA) is 85.8 Å². The highest BCUT2D eigenvalue weighted by Crippen LogP contribution is 2.24. The Labute approximate surface area is 236 Å². The van der Waals surface area contributed by atoms with Gasteiger partial charge in [-0.1, -0.05) is 42.5 Å². The van der Waals surface area contributed by atoms with E-state index in [-0.39, 0.29) is 5.97 Å². The second kappa shape index (κ2) is 14.6. The highest BCUT2D eigenvalue weighted by Gasteiger charge is 2.21. The van der Waals surface area contributed by atoms with Crippen LogP contribution in [0.1, 0.15) is 18.1 Å². The van der Waals surface area contributed by atoms with Gasteiger partial charge in [-0.3, -0.25) is 0 Å². The molecule has 1 N–H and O–H groups in total. The maximum absolute atomic E-state index is 12.9. The molecule has 0 radical (unpaired) electrons. The number of rotatable bonds is 14. The number of carbonyl (C=O) groups excluding carboxylic acids is 1. The summed E-state index contributed by atoms with van der Waals surface area (Å²) in [6, 6.07) is 26.8. The molecule has 0 spiro atoms. The molecule has 208 valence electrons. The summed E-state index contributed by atoms with van der Waals surface area (Å²) in [6.45, 7) is 3.99. The van der Waals surface area contributed by atoms with Crippen LogP contribution in [0.2, 0.25) is 0 Å². The van der Waals surface area contributed by atoms with Crippen LogP contribution in [0.4, 0.5) is 5.82 Å². The van der Waals surface area contributed by atoms with Crippen LogP contribution in [0.3, 0.4) is 0 Å². The van der Waals surface area contributed by atoms with Crippen molar-refractivity contribution in [2.45, 2.75) is 26.0 Å². The average Bonchev–Trinajstić information content (AvgIpc) is 2.97. The Hall–Kier alpha value is -4.43. The maximum atomic E-state index is 12.9. The third-order valence-electron chi connectivity index (χ3n) is 6.10. The van der Waals surface area contributed by atoms with Crippen molar-refractivity contribution in [2.75, 3.05) is 39.2 Å². The number of carbonyl (C=O) groups is 1. The van der Waals surface area contributed by atoms with E-state index < -0.39 is 6.04 Å². The standard InChI is InChI=1S/C32H36N4O4/c1-4-38-32(37)30(20-25-11-8-12-28(19-25)39-18-17-36(2)3)35-31-21-29(33-23-34-31)26-13-15-27(16-14-26)40-22-24-9-6-5-7-10-24/h5-16,19,21,23,30H,4,17-18,20,22H2,1-3H3,(H,33,34,35)/t30-/m0/s1. The average molecular weight is 541 g/mol. The summed E-state index contributed by atoms with van der Waals surface area (Å²) in [5.74, 6) is 1.73.